The molecule has 37 heavy (non-hydrogen) atoms. The number of carbonyl (C=O) groups is 1. The Morgan fingerprint density at radius 2 is 1.68 bits per heavy atom. The predicted molar refractivity (Wildman–Crippen MR) is 147 cm³/mol. The van der Waals surface area contributed by atoms with Crippen LogP contribution in [0.5, 0.6) is 11.5 Å². The van der Waals surface area contributed by atoms with Crippen molar-refractivity contribution in [2.75, 3.05) is 37.9 Å². The van der Waals surface area contributed by atoms with Gasteiger partial charge in [-0.2, -0.15) is 0 Å². The van der Waals surface area contributed by atoms with Crippen molar-refractivity contribution in [2.24, 2.45) is 0 Å². The van der Waals surface area contributed by atoms with E-state index in [1.54, 1.807) is 0 Å². The number of rotatable bonds is 6. The molecule has 1 aromatic heterocycles. The molecule has 3 aromatic carbocycles. The molecular formula is C31H33N3O3. The Morgan fingerprint density at radius 1 is 0.919 bits per heavy atom. The van der Waals surface area contributed by atoms with Crippen molar-refractivity contribution in [1.82, 2.24) is 9.47 Å². The highest BCUT2D eigenvalue weighted by Crippen LogP contribution is 2.40. The van der Waals surface area contributed by atoms with Crippen LogP contribution < -0.4 is 14.4 Å². The van der Waals surface area contributed by atoms with E-state index in [2.05, 4.69) is 90.2 Å². The van der Waals surface area contributed by atoms with Crippen molar-refractivity contribution in [1.29, 1.82) is 0 Å². The molecule has 1 saturated heterocycles. The Balaban J connectivity index is 1.28. The Kier molecular flexibility index (Phi) is 6.25. The monoisotopic (exact) mass is 495 g/mol. The lowest BCUT2D eigenvalue weighted by molar-refractivity contribution is -0.131. The van der Waals surface area contributed by atoms with E-state index in [1.165, 1.54) is 27.7 Å². The van der Waals surface area contributed by atoms with Gasteiger partial charge in [-0.25, -0.2) is 0 Å². The molecule has 0 N–H and O–H groups in total. The van der Waals surface area contributed by atoms with Crippen LogP contribution in [0.25, 0.3) is 10.9 Å². The molecule has 4 aromatic rings. The van der Waals surface area contributed by atoms with Gasteiger partial charge >= 0.3 is 0 Å². The SMILES string of the molecule is CCn1cc([C@@H](CC(=O)N2CCN(c3ccccc3C)CC2)c2ccc3c(c2)OCO3)c2ccccc21. The number of aryl methyl sites for hydroxylation is 2. The summed E-state index contributed by atoms with van der Waals surface area (Å²) < 4.78 is 13.5. The summed E-state index contributed by atoms with van der Waals surface area (Å²) in [5.74, 6) is 1.63. The van der Waals surface area contributed by atoms with Gasteiger partial charge in [-0.1, -0.05) is 42.5 Å². The summed E-state index contributed by atoms with van der Waals surface area (Å²) in [4.78, 5) is 18.2. The van der Waals surface area contributed by atoms with Gasteiger partial charge in [0.2, 0.25) is 12.7 Å². The van der Waals surface area contributed by atoms with Crippen LogP contribution in [0.1, 0.15) is 36.0 Å². The summed E-state index contributed by atoms with van der Waals surface area (Å²) in [5.41, 5.74) is 6.00. The number of anilines is 1. The van der Waals surface area contributed by atoms with Gasteiger partial charge in [0, 0.05) is 67.8 Å². The largest absolute Gasteiger partial charge is 0.454 e. The first-order valence-electron chi connectivity index (χ1n) is 13.2. The number of amides is 1. The molecule has 1 amide bonds. The summed E-state index contributed by atoms with van der Waals surface area (Å²) in [6.07, 6.45) is 2.64. The van der Waals surface area contributed by atoms with Gasteiger partial charge in [0.05, 0.1) is 0 Å². The Labute approximate surface area is 218 Å². The maximum Gasteiger partial charge on any atom is 0.231 e. The van der Waals surface area contributed by atoms with Crippen LogP contribution in [0.2, 0.25) is 0 Å². The molecule has 190 valence electrons. The number of carbonyl (C=O) groups excluding carboxylic acids is 1. The number of fused-ring (bicyclic) bond motifs is 2. The van der Waals surface area contributed by atoms with Crippen LogP contribution in [-0.2, 0) is 11.3 Å². The van der Waals surface area contributed by atoms with Crippen molar-refractivity contribution >= 4 is 22.5 Å². The number of aromatic nitrogens is 1. The molecule has 3 heterocycles. The highest BCUT2D eigenvalue weighted by Gasteiger charge is 2.29. The van der Waals surface area contributed by atoms with Gasteiger partial charge in [0.25, 0.3) is 0 Å². The number of piperazine rings is 1. The molecule has 0 bridgehead atoms. The first-order valence-corrected chi connectivity index (χ1v) is 13.2. The fourth-order valence-electron chi connectivity index (χ4n) is 5.77. The van der Waals surface area contributed by atoms with E-state index in [0.717, 1.165) is 49.8 Å². The van der Waals surface area contributed by atoms with E-state index >= 15 is 0 Å². The highest BCUT2D eigenvalue weighted by atomic mass is 16.7. The van der Waals surface area contributed by atoms with E-state index in [4.69, 9.17) is 9.47 Å². The zero-order valence-corrected chi connectivity index (χ0v) is 21.5. The maximum atomic E-state index is 13.8. The van der Waals surface area contributed by atoms with E-state index in [-0.39, 0.29) is 18.6 Å². The van der Waals surface area contributed by atoms with E-state index in [1.807, 2.05) is 11.0 Å². The number of benzene rings is 3. The molecule has 6 heteroatoms. The third-order valence-electron chi connectivity index (χ3n) is 7.80. The van der Waals surface area contributed by atoms with Crippen LogP contribution in [0.3, 0.4) is 0 Å². The molecule has 0 radical (unpaired) electrons. The number of para-hydroxylation sites is 2. The second kappa shape index (κ2) is 9.85. The van der Waals surface area contributed by atoms with E-state index < -0.39 is 0 Å². The molecule has 6 nitrogen and oxygen atoms in total. The van der Waals surface area contributed by atoms with Crippen LogP contribution in [0, 0.1) is 6.92 Å². The van der Waals surface area contributed by atoms with Gasteiger partial charge in [-0.3, -0.25) is 4.79 Å². The molecule has 2 aliphatic rings. The third kappa shape index (κ3) is 4.41. The van der Waals surface area contributed by atoms with Crippen LogP contribution in [0.4, 0.5) is 5.69 Å². The zero-order chi connectivity index (χ0) is 25.4. The maximum absolute atomic E-state index is 13.8. The smallest absolute Gasteiger partial charge is 0.231 e. The Hall–Kier alpha value is -3.93. The zero-order valence-electron chi connectivity index (χ0n) is 21.5. The number of nitrogens with zero attached hydrogens (tertiary/aromatic N) is 3. The fraction of sp³-hybridized carbons (Fsp3) is 0.323. The molecule has 2 aliphatic heterocycles. The van der Waals surface area contributed by atoms with Crippen LogP contribution in [-0.4, -0.2) is 48.3 Å². The molecule has 0 aliphatic carbocycles. The fourth-order valence-corrected chi connectivity index (χ4v) is 5.77. The molecule has 0 spiro atoms. The Morgan fingerprint density at radius 3 is 2.49 bits per heavy atom. The molecule has 0 unspecified atom stereocenters. The van der Waals surface area contributed by atoms with Crippen molar-refractivity contribution in [3.8, 4) is 11.5 Å². The summed E-state index contributed by atoms with van der Waals surface area (Å²) in [6.45, 7) is 8.59. The summed E-state index contributed by atoms with van der Waals surface area (Å²) in [5, 5.41) is 1.20. The average molecular weight is 496 g/mol. The molecule has 1 atom stereocenters. The standard InChI is InChI=1S/C31H33N3O3/c1-3-32-20-26(24-9-5-7-11-28(24)32)25(23-12-13-29-30(18-23)37-21-36-29)19-31(35)34-16-14-33(15-17-34)27-10-6-4-8-22(27)2/h4-13,18,20,25H,3,14-17,19,21H2,1-2H3/t25-/m0/s1. The average Bonchev–Trinajstić information content (AvgIpc) is 3.56. The Bertz CT molecular complexity index is 1430. The van der Waals surface area contributed by atoms with E-state index in [9.17, 15) is 4.79 Å². The van der Waals surface area contributed by atoms with Crippen molar-refractivity contribution in [3.63, 3.8) is 0 Å². The normalized spacial score (nSPS) is 15.8. The molecule has 0 saturated carbocycles. The molecule has 6 rings (SSSR count). The van der Waals surface area contributed by atoms with E-state index in [0.29, 0.717) is 6.42 Å². The van der Waals surface area contributed by atoms with Crippen molar-refractivity contribution in [3.05, 3.63) is 89.6 Å². The summed E-state index contributed by atoms with van der Waals surface area (Å²) >= 11 is 0. The number of hydrogen-bond donors (Lipinski definition) is 0. The van der Waals surface area contributed by atoms with Gasteiger partial charge < -0.3 is 23.8 Å². The second-order valence-electron chi connectivity index (χ2n) is 9.91. The lowest BCUT2D eigenvalue weighted by Crippen LogP contribution is -2.49. The first kappa shape index (κ1) is 23.5. The van der Waals surface area contributed by atoms with Crippen molar-refractivity contribution < 1.29 is 14.3 Å². The predicted octanol–water partition coefficient (Wildman–Crippen LogP) is 5.57. The van der Waals surface area contributed by atoms with Crippen LogP contribution in [0.15, 0.2) is 72.9 Å². The minimum absolute atomic E-state index is 0.0749. The third-order valence-corrected chi connectivity index (χ3v) is 7.80. The minimum Gasteiger partial charge on any atom is -0.454 e. The topological polar surface area (TPSA) is 46.9 Å². The minimum atomic E-state index is -0.0749. The van der Waals surface area contributed by atoms with Gasteiger partial charge in [-0.15, -0.1) is 0 Å². The van der Waals surface area contributed by atoms with Crippen molar-refractivity contribution in [2.45, 2.75) is 32.7 Å². The molecular weight excluding hydrogens is 462 g/mol. The summed E-state index contributed by atoms with van der Waals surface area (Å²) in [6, 6.07) is 23.1. The highest BCUT2D eigenvalue weighted by molar-refractivity contribution is 5.87. The lowest BCUT2D eigenvalue weighted by atomic mass is 9.87. The quantitative estimate of drug-likeness (QED) is 0.351. The number of ether oxygens (including phenoxy) is 2. The van der Waals surface area contributed by atoms with Gasteiger partial charge in [0.1, 0.15) is 0 Å². The lowest BCUT2D eigenvalue weighted by Gasteiger charge is -2.37. The second-order valence-corrected chi connectivity index (χ2v) is 9.91. The number of hydrogen-bond acceptors (Lipinski definition) is 4. The summed E-state index contributed by atoms with van der Waals surface area (Å²) in [7, 11) is 0. The first-order chi connectivity index (χ1) is 18.1. The van der Waals surface area contributed by atoms with Crippen LogP contribution >= 0.6 is 0 Å². The van der Waals surface area contributed by atoms with Gasteiger partial charge in [0.15, 0.2) is 11.5 Å². The van der Waals surface area contributed by atoms with Gasteiger partial charge in [-0.05, 0) is 54.8 Å². The molecule has 1 fully saturated rings.